The molecule has 1 amide bonds. The third-order valence-corrected chi connectivity index (χ3v) is 4.98. The van der Waals surface area contributed by atoms with Gasteiger partial charge in [0.15, 0.2) is 6.61 Å². The Bertz CT molecular complexity index is 904. The Morgan fingerprint density at radius 3 is 2.41 bits per heavy atom. The number of anilines is 1. The van der Waals surface area contributed by atoms with Gasteiger partial charge in [0.1, 0.15) is 5.69 Å². The fraction of sp³-hybridized carbons (Fsp3) is 0.300. The predicted octanol–water partition coefficient (Wildman–Crippen LogP) is 3.43. The standard InChI is InChI=1S/C20H20N2O5/c1-13-8-9-16(22(25)26)18(14(13)2)21-17(23)12-27-19(24)20(10-11-20)15-6-4-3-5-7-15/h3-9H,10-12H2,1-2H3,(H,21,23). The van der Waals surface area contributed by atoms with Gasteiger partial charge in [-0.1, -0.05) is 36.4 Å². The third-order valence-electron chi connectivity index (χ3n) is 4.98. The van der Waals surface area contributed by atoms with Crippen molar-refractivity contribution in [1.82, 2.24) is 0 Å². The molecule has 7 nitrogen and oxygen atoms in total. The molecule has 0 heterocycles. The quantitative estimate of drug-likeness (QED) is 0.478. The SMILES string of the molecule is Cc1ccc([N+](=O)[O-])c(NC(=O)COC(=O)C2(c3ccccc3)CC2)c1C. The van der Waals surface area contributed by atoms with Crippen LogP contribution in [-0.2, 0) is 19.7 Å². The van der Waals surface area contributed by atoms with E-state index in [4.69, 9.17) is 4.74 Å². The predicted molar refractivity (Wildman–Crippen MR) is 99.5 cm³/mol. The molecule has 27 heavy (non-hydrogen) atoms. The molecule has 0 saturated heterocycles. The minimum Gasteiger partial charge on any atom is -0.455 e. The van der Waals surface area contributed by atoms with Gasteiger partial charge in [-0.3, -0.25) is 19.7 Å². The van der Waals surface area contributed by atoms with E-state index in [1.807, 2.05) is 30.3 Å². The smallest absolute Gasteiger partial charge is 0.317 e. The Hall–Kier alpha value is -3.22. The second-order valence-corrected chi connectivity index (χ2v) is 6.73. The molecular weight excluding hydrogens is 348 g/mol. The second kappa shape index (κ2) is 7.19. The van der Waals surface area contributed by atoms with E-state index in [1.165, 1.54) is 6.07 Å². The third kappa shape index (κ3) is 3.67. The zero-order valence-corrected chi connectivity index (χ0v) is 15.2. The molecular formula is C20H20N2O5. The zero-order valence-electron chi connectivity index (χ0n) is 15.2. The average molecular weight is 368 g/mol. The summed E-state index contributed by atoms with van der Waals surface area (Å²) in [7, 11) is 0. The van der Waals surface area contributed by atoms with Crippen LogP contribution in [0.5, 0.6) is 0 Å². The molecule has 0 spiro atoms. The van der Waals surface area contributed by atoms with E-state index in [-0.39, 0.29) is 11.4 Å². The number of carbonyl (C=O) groups excluding carboxylic acids is 2. The van der Waals surface area contributed by atoms with Gasteiger partial charge in [-0.15, -0.1) is 0 Å². The van der Waals surface area contributed by atoms with Crippen LogP contribution in [0.3, 0.4) is 0 Å². The molecule has 0 radical (unpaired) electrons. The fourth-order valence-electron chi connectivity index (χ4n) is 3.05. The number of amides is 1. The van der Waals surface area contributed by atoms with Crippen molar-refractivity contribution in [2.75, 3.05) is 11.9 Å². The van der Waals surface area contributed by atoms with Gasteiger partial charge in [0.05, 0.1) is 10.3 Å². The molecule has 1 saturated carbocycles. The minimum atomic E-state index is -0.674. The van der Waals surface area contributed by atoms with E-state index < -0.39 is 28.8 Å². The first kappa shape index (κ1) is 18.6. The van der Waals surface area contributed by atoms with E-state index >= 15 is 0 Å². The number of nitrogens with one attached hydrogen (secondary N) is 1. The summed E-state index contributed by atoms with van der Waals surface area (Å²) in [6, 6.07) is 12.3. The lowest BCUT2D eigenvalue weighted by molar-refractivity contribution is -0.384. The number of carbonyl (C=O) groups is 2. The maximum Gasteiger partial charge on any atom is 0.317 e. The summed E-state index contributed by atoms with van der Waals surface area (Å²) in [5.74, 6) is -1.05. The number of nitrogens with zero attached hydrogens (tertiary/aromatic N) is 1. The number of hydrogen-bond acceptors (Lipinski definition) is 5. The van der Waals surface area contributed by atoms with Crippen LogP contribution in [0, 0.1) is 24.0 Å². The Balaban J connectivity index is 1.67. The van der Waals surface area contributed by atoms with Gasteiger partial charge in [0.25, 0.3) is 11.6 Å². The van der Waals surface area contributed by atoms with Crippen LogP contribution < -0.4 is 5.32 Å². The average Bonchev–Trinajstić information content (AvgIpc) is 3.46. The van der Waals surface area contributed by atoms with Crippen molar-refractivity contribution in [3.05, 3.63) is 69.3 Å². The van der Waals surface area contributed by atoms with Gasteiger partial charge in [0, 0.05) is 6.07 Å². The monoisotopic (exact) mass is 368 g/mol. The lowest BCUT2D eigenvalue weighted by Crippen LogP contribution is -2.28. The van der Waals surface area contributed by atoms with E-state index in [2.05, 4.69) is 5.32 Å². The van der Waals surface area contributed by atoms with Crippen molar-refractivity contribution in [1.29, 1.82) is 0 Å². The number of hydrogen-bond donors (Lipinski definition) is 1. The van der Waals surface area contributed by atoms with E-state index in [9.17, 15) is 19.7 Å². The molecule has 1 aliphatic rings. The van der Waals surface area contributed by atoms with Crippen LogP contribution in [0.1, 0.15) is 29.5 Å². The highest BCUT2D eigenvalue weighted by Crippen LogP contribution is 2.49. The number of benzene rings is 2. The summed E-state index contributed by atoms with van der Waals surface area (Å²) in [4.78, 5) is 35.3. The summed E-state index contributed by atoms with van der Waals surface area (Å²) in [5, 5.41) is 13.7. The van der Waals surface area contributed by atoms with E-state index in [0.29, 0.717) is 18.4 Å². The van der Waals surface area contributed by atoms with Crippen LogP contribution in [0.2, 0.25) is 0 Å². The highest BCUT2D eigenvalue weighted by atomic mass is 16.6. The van der Waals surface area contributed by atoms with Crippen LogP contribution in [-0.4, -0.2) is 23.4 Å². The number of rotatable bonds is 6. The second-order valence-electron chi connectivity index (χ2n) is 6.73. The molecule has 7 heteroatoms. The Morgan fingerprint density at radius 1 is 1.15 bits per heavy atom. The van der Waals surface area contributed by atoms with E-state index in [1.54, 1.807) is 19.9 Å². The highest BCUT2D eigenvalue weighted by Gasteiger charge is 2.52. The minimum absolute atomic E-state index is 0.130. The Kier molecular flexibility index (Phi) is 4.94. The summed E-state index contributed by atoms with van der Waals surface area (Å²) < 4.78 is 5.21. The Labute approximate surface area is 156 Å². The molecule has 0 atom stereocenters. The molecule has 0 aliphatic heterocycles. The number of aryl methyl sites for hydroxylation is 1. The van der Waals surface area contributed by atoms with Crippen molar-refractivity contribution in [2.45, 2.75) is 32.1 Å². The molecule has 2 aromatic rings. The number of nitro groups is 1. The number of ether oxygens (including phenoxy) is 1. The van der Waals surface area contributed by atoms with Gasteiger partial charge in [-0.05, 0) is 43.4 Å². The van der Waals surface area contributed by atoms with Gasteiger partial charge < -0.3 is 10.1 Å². The largest absolute Gasteiger partial charge is 0.455 e. The zero-order chi connectivity index (χ0) is 19.6. The maximum atomic E-state index is 12.5. The highest BCUT2D eigenvalue weighted by molar-refractivity contribution is 5.97. The lowest BCUT2D eigenvalue weighted by Gasteiger charge is -2.15. The van der Waals surface area contributed by atoms with Gasteiger partial charge >= 0.3 is 5.97 Å². The first-order chi connectivity index (χ1) is 12.8. The molecule has 3 rings (SSSR count). The number of esters is 1. The first-order valence-electron chi connectivity index (χ1n) is 8.62. The molecule has 2 aromatic carbocycles. The van der Waals surface area contributed by atoms with Crippen LogP contribution in [0.15, 0.2) is 42.5 Å². The van der Waals surface area contributed by atoms with Crippen LogP contribution in [0.25, 0.3) is 0 Å². The molecule has 0 bridgehead atoms. The number of nitro benzene ring substituents is 1. The fourth-order valence-corrected chi connectivity index (χ4v) is 3.05. The van der Waals surface area contributed by atoms with Crippen LogP contribution in [0.4, 0.5) is 11.4 Å². The van der Waals surface area contributed by atoms with Gasteiger partial charge in [-0.25, -0.2) is 0 Å². The first-order valence-corrected chi connectivity index (χ1v) is 8.62. The summed E-state index contributed by atoms with van der Waals surface area (Å²) in [5.41, 5.74) is 1.56. The molecule has 1 N–H and O–H groups in total. The summed E-state index contributed by atoms with van der Waals surface area (Å²) >= 11 is 0. The summed E-state index contributed by atoms with van der Waals surface area (Å²) in [6.45, 7) is 3.00. The molecule has 1 fully saturated rings. The van der Waals surface area contributed by atoms with Gasteiger partial charge in [-0.2, -0.15) is 0 Å². The van der Waals surface area contributed by atoms with Crippen molar-refractivity contribution >= 4 is 23.3 Å². The lowest BCUT2D eigenvalue weighted by atomic mass is 9.96. The van der Waals surface area contributed by atoms with Crippen LogP contribution >= 0.6 is 0 Å². The molecule has 140 valence electrons. The molecule has 1 aliphatic carbocycles. The topological polar surface area (TPSA) is 98.5 Å². The van der Waals surface area contributed by atoms with Crippen molar-refractivity contribution in [3.63, 3.8) is 0 Å². The Morgan fingerprint density at radius 2 is 1.81 bits per heavy atom. The van der Waals surface area contributed by atoms with Gasteiger partial charge in [0.2, 0.25) is 0 Å². The molecule has 0 aromatic heterocycles. The van der Waals surface area contributed by atoms with Crippen molar-refractivity contribution < 1.29 is 19.2 Å². The normalized spacial score (nSPS) is 14.3. The molecule has 0 unspecified atom stereocenters. The van der Waals surface area contributed by atoms with Crippen molar-refractivity contribution in [3.8, 4) is 0 Å². The van der Waals surface area contributed by atoms with Crippen molar-refractivity contribution in [2.24, 2.45) is 0 Å². The summed E-state index contributed by atoms with van der Waals surface area (Å²) in [6.07, 6.45) is 1.36. The van der Waals surface area contributed by atoms with E-state index in [0.717, 1.165) is 11.1 Å². The maximum absolute atomic E-state index is 12.5.